The molecule has 19 heavy (non-hydrogen) atoms. The summed E-state index contributed by atoms with van der Waals surface area (Å²) in [5.74, 6) is -0.436. The minimum atomic E-state index is -0.441. The standard InChI is InChI=1S/C13H24N4O2/c1-10-9-16(2)6-3-11(10)15-12(18)13(19)17-7-4-14-5-8-17/h10-11,14H,3-9H2,1-2H3,(H,15,18). The van der Waals surface area contributed by atoms with Crippen LogP contribution in [0.2, 0.25) is 0 Å². The van der Waals surface area contributed by atoms with Crippen molar-refractivity contribution in [1.82, 2.24) is 20.4 Å². The van der Waals surface area contributed by atoms with Crippen LogP contribution in [0.3, 0.4) is 0 Å². The third-order valence-corrected chi connectivity index (χ3v) is 4.02. The summed E-state index contributed by atoms with van der Waals surface area (Å²) < 4.78 is 0. The van der Waals surface area contributed by atoms with Gasteiger partial charge < -0.3 is 20.4 Å². The van der Waals surface area contributed by atoms with Crippen LogP contribution in [-0.2, 0) is 9.59 Å². The Morgan fingerprint density at radius 3 is 2.53 bits per heavy atom. The van der Waals surface area contributed by atoms with E-state index < -0.39 is 5.91 Å². The van der Waals surface area contributed by atoms with Crippen LogP contribution in [0.5, 0.6) is 0 Å². The molecular formula is C13H24N4O2. The summed E-state index contributed by atoms with van der Waals surface area (Å²) in [7, 11) is 2.08. The first-order chi connectivity index (χ1) is 9.08. The van der Waals surface area contributed by atoms with Gasteiger partial charge in [0.05, 0.1) is 0 Å². The van der Waals surface area contributed by atoms with Crippen LogP contribution in [-0.4, -0.2) is 74.0 Å². The Morgan fingerprint density at radius 1 is 1.21 bits per heavy atom. The predicted octanol–water partition coefficient (Wildman–Crippen LogP) is -1.13. The highest BCUT2D eigenvalue weighted by atomic mass is 16.2. The minimum Gasteiger partial charge on any atom is -0.345 e. The van der Waals surface area contributed by atoms with Crippen molar-refractivity contribution in [2.75, 3.05) is 46.3 Å². The molecule has 2 amide bonds. The summed E-state index contributed by atoms with van der Waals surface area (Å²) in [4.78, 5) is 27.9. The maximum absolute atomic E-state index is 12.0. The van der Waals surface area contributed by atoms with Gasteiger partial charge in [0.2, 0.25) is 0 Å². The van der Waals surface area contributed by atoms with E-state index in [1.165, 1.54) is 0 Å². The van der Waals surface area contributed by atoms with Gasteiger partial charge in [-0.2, -0.15) is 0 Å². The molecule has 0 saturated carbocycles. The van der Waals surface area contributed by atoms with Crippen molar-refractivity contribution in [2.45, 2.75) is 19.4 Å². The SMILES string of the molecule is CC1CN(C)CCC1NC(=O)C(=O)N1CCNCC1. The zero-order chi connectivity index (χ0) is 13.8. The molecule has 2 aliphatic heterocycles. The van der Waals surface area contributed by atoms with Crippen LogP contribution >= 0.6 is 0 Å². The molecule has 108 valence electrons. The van der Waals surface area contributed by atoms with E-state index in [2.05, 4.69) is 29.5 Å². The first kappa shape index (κ1) is 14.3. The normalized spacial score (nSPS) is 29.1. The largest absolute Gasteiger partial charge is 0.345 e. The molecule has 2 saturated heterocycles. The lowest BCUT2D eigenvalue weighted by atomic mass is 9.94. The van der Waals surface area contributed by atoms with Crippen LogP contribution in [0, 0.1) is 5.92 Å². The number of nitrogens with one attached hydrogen (secondary N) is 2. The number of piperidine rings is 1. The lowest BCUT2D eigenvalue weighted by Gasteiger charge is -2.35. The molecule has 2 heterocycles. The average Bonchev–Trinajstić information content (AvgIpc) is 2.42. The highest BCUT2D eigenvalue weighted by molar-refractivity contribution is 6.35. The molecule has 6 heteroatoms. The number of nitrogens with zero attached hydrogens (tertiary/aromatic N) is 2. The number of hydrogen-bond acceptors (Lipinski definition) is 4. The van der Waals surface area contributed by atoms with Crippen molar-refractivity contribution in [2.24, 2.45) is 5.92 Å². The fourth-order valence-corrected chi connectivity index (χ4v) is 2.81. The van der Waals surface area contributed by atoms with Gasteiger partial charge in [-0.3, -0.25) is 9.59 Å². The van der Waals surface area contributed by atoms with Gasteiger partial charge in [-0.15, -0.1) is 0 Å². The number of likely N-dealkylation sites (tertiary alicyclic amines) is 1. The molecule has 0 aromatic rings. The monoisotopic (exact) mass is 268 g/mol. The molecule has 2 atom stereocenters. The Morgan fingerprint density at radius 2 is 1.89 bits per heavy atom. The summed E-state index contributed by atoms with van der Waals surface area (Å²) in [5.41, 5.74) is 0. The maximum Gasteiger partial charge on any atom is 0.311 e. The minimum absolute atomic E-state index is 0.121. The molecule has 2 fully saturated rings. The molecule has 0 aliphatic carbocycles. The van der Waals surface area contributed by atoms with E-state index in [0.29, 0.717) is 19.0 Å². The highest BCUT2D eigenvalue weighted by Crippen LogP contribution is 2.15. The molecule has 6 nitrogen and oxygen atoms in total. The van der Waals surface area contributed by atoms with Crippen LogP contribution in [0.25, 0.3) is 0 Å². The quantitative estimate of drug-likeness (QED) is 0.591. The van der Waals surface area contributed by atoms with Gasteiger partial charge in [0, 0.05) is 38.8 Å². The Kier molecular flexibility index (Phi) is 4.76. The van der Waals surface area contributed by atoms with Gasteiger partial charge in [-0.1, -0.05) is 6.92 Å². The molecule has 0 radical (unpaired) electrons. The average molecular weight is 268 g/mol. The molecule has 0 aromatic carbocycles. The first-order valence-corrected chi connectivity index (χ1v) is 7.07. The smallest absolute Gasteiger partial charge is 0.311 e. The second-order valence-corrected chi connectivity index (χ2v) is 5.65. The molecule has 0 spiro atoms. The van der Waals surface area contributed by atoms with Crippen LogP contribution in [0.1, 0.15) is 13.3 Å². The van der Waals surface area contributed by atoms with Gasteiger partial charge in [0.15, 0.2) is 0 Å². The van der Waals surface area contributed by atoms with Crippen molar-refractivity contribution >= 4 is 11.8 Å². The van der Waals surface area contributed by atoms with E-state index >= 15 is 0 Å². The van der Waals surface area contributed by atoms with Gasteiger partial charge in [-0.05, 0) is 25.9 Å². The van der Waals surface area contributed by atoms with E-state index in [9.17, 15) is 9.59 Å². The number of carbonyl (C=O) groups is 2. The molecule has 0 aromatic heterocycles. The fraction of sp³-hybridized carbons (Fsp3) is 0.846. The fourth-order valence-electron chi connectivity index (χ4n) is 2.81. The summed E-state index contributed by atoms with van der Waals surface area (Å²) in [6.07, 6.45) is 0.915. The summed E-state index contributed by atoms with van der Waals surface area (Å²) >= 11 is 0. The molecule has 0 bridgehead atoms. The molecule has 2 rings (SSSR count). The number of rotatable bonds is 1. The van der Waals surface area contributed by atoms with Gasteiger partial charge in [-0.25, -0.2) is 0 Å². The highest BCUT2D eigenvalue weighted by Gasteiger charge is 2.29. The Labute approximate surface area is 114 Å². The van der Waals surface area contributed by atoms with E-state index in [1.807, 2.05) is 0 Å². The Hall–Kier alpha value is -1.14. The zero-order valence-electron chi connectivity index (χ0n) is 11.8. The Balaban J connectivity index is 1.84. The molecule has 2 unspecified atom stereocenters. The predicted molar refractivity (Wildman–Crippen MR) is 72.7 cm³/mol. The van der Waals surface area contributed by atoms with Crippen molar-refractivity contribution in [3.8, 4) is 0 Å². The van der Waals surface area contributed by atoms with Crippen molar-refractivity contribution in [3.05, 3.63) is 0 Å². The van der Waals surface area contributed by atoms with E-state index in [-0.39, 0.29) is 11.9 Å². The molecule has 2 aliphatic rings. The molecular weight excluding hydrogens is 244 g/mol. The number of piperazine rings is 1. The zero-order valence-corrected chi connectivity index (χ0v) is 11.8. The van der Waals surface area contributed by atoms with Crippen LogP contribution < -0.4 is 10.6 Å². The van der Waals surface area contributed by atoms with Crippen LogP contribution in [0.15, 0.2) is 0 Å². The third kappa shape index (κ3) is 3.67. The van der Waals surface area contributed by atoms with Gasteiger partial charge >= 0.3 is 11.8 Å². The lowest BCUT2D eigenvalue weighted by molar-refractivity contribution is -0.146. The summed E-state index contributed by atoms with van der Waals surface area (Å²) in [6.45, 7) is 6.83. The number of hydrogen-bond donors (Lipinski definition) is 2. The summed E-state index contributed by atoms with van der Waals surface area (Å²) in [6, 6.07) is 0.121. The van der Waals surface area contributed by atoms with E-state index in [1.54, 1.807) is 4.90 Å². The Bertz CT molecular complexity index is 342. The van der Waals surface area contributed by atoms with E-state index in [4.69, 9.17) is 0 Å². The van der Waals surface area contributed by atoms with Crippen molar-refractivity contribution in [1.29, 1.82) is 0 Å². The maximum atomic E-state index is 12.0. The summed E-state index contributed by atoms with van der Waals surface area (Å²) in [5, 5.41) is 6.08. The third-order valence-electron chi connectivity index (χ3n) is 4.02. The second kappa shape index (κ2) is 6.34. The number of amides is 2. The van der Waals surface area contributed by atoms with Gasteiger partial charge in [0.1, 0.15) is 0 Å². The van der Waals surface area contributed by atoms with Crippen LogP contribution in [0.4, 0.5) is 0 Å². The molecule has 2 N–H and O–H groups in total. The van der Waals surface area contributed by atoms with Crippen molar-refractivity contribution < 1.29 is 9.59 Å². The lowest BCUT2D eigenvalue weighted by Crippen LogP contribution is -2.55. The first-order valence-electron chi connectivity index (χ1n) is 7.07. The number of carbonyl (C=O) groups excluding carboxylic acids is 2. The van der Waals surface area contributed by atoms with Crippen molar-refractivity contribution in [3.63, 3.8) is 0 Å². The topological polar surface area (TPSA) is 64.7 Å². The second-order valence-electron chi connectivity index (χ2n) is 5.65. The van der Waals surface area contributed by atoms with E-state index in [0.717, 1.165) is 32.6 Å². The van der Waals surface area contributed by atoms with Gasteiger partial charge in [0.25, 0.3) is 0 Å².